The number of carboxylic acids is 1. The lowest BCUT2D eigenvalue weighted by Crippen LogP contribution is -2.26. The van der Waals surface area contributed by atoms with E-state index in [0.717, 1.165) is 22.9 Å². The molecule has 5 heteroatoms. The summed E-state index contributed by atoms with van der Waals surface area (Å²) in [5, 5.41) is 14.5. The lowest BCUT2D eigenvalue weighted by atomic mass is 10.1. The van der Waals surface area contributed by atoms with E-state index in [1.165, 1.54) is 12.2 Å². The topological polar surface area (TPSA) is 62.2 Å². The fraction of sp³-hybridized carbons (Fsp3) is 0.333. The van der Waals surface area contributed by atoms with Crippen LogP contribution in [0.5, 0.6) is 0 Å². The van der Waals surface area contributed by atoms with Crippen LogP contribution in [0.25, 0.3) is 10.8 Å². The lowest BCUT2D eigenvalue weighted by molar-refractivity contribution is 0.0691. The zero-order valence-corrected chi connectivity index (χ0v) is 11.8. The maximum atomic E-state index is 11.2. The van der Waals surface area contributed by atoms with Crippen molar-refractivity contribution >= 4 is 34.3 Å². The Morgan fingerprint density at radius 1 is 1.40 bits per heavy atom. The summed E-state index contributed by atoms with van der Waals surface area (Å²) in [6, 6.07) is 9.75. The number of aromatic nitrogens is 1. The first kappa shape index (κ1) is 13.2. The average molecular weight is 288 g/mol. The summed E-state index contributed by atoms with van der Waals surface area (Å²) in [5.74, 6) is 1.96. The van der Waals surface area contributed by atoms with Crippen molar-refractivity contribution in [1.82, 2.24) is 4.98 Å². The van der Waals surface area contributed by atoms with Crippen LogP contribution in [0.1, 0.15) is 23.3 Å². The van der Waals surface area contributed by atoms with Gasteiger partial charge in [-0.2, -0.15) is 11.8 Å². The van der Waals surface area contributed by atoms with Gasteiger partial charge in [-0.1, -0.05) is 24.3 Å². The van der Waals surface area contributed by atoms with E-state index >= 15 is 0 Å². The second-order valence-electron chi connectivity index (χ2n) is 4.94. The van der Waals surface area contributed by atoms with E-state index in [4.69, 9.17) is 0 Å². The van der Waals surface area contributed by atoms with Crippen LogP contribution < -0.4 is 5.32 Å². The number of carbonyl (C=O) groups is 1. The Morgan fingerprint density at radius 2 is 2.25 bits per heavy atom. The maximum Gasteiger partial charge on any atom is 0.354 e. The summed E-state index contributed by atoms with van der Waals surface area (Å²) in [6.07, 6.45) is 2.30. The van der Waals surface area contributed by atoms with Crippen LogP contribution in [0, 0.1) is 0 Å². The highest BCUT2D eigenvalue weighted by Crippen LogP contribution is 2.26. The fourth-order valence-electron chi connectivity index (χ4n) is 2.47. The molecular formula is C15H16N2O2S. The number of benzene rings is 1. The van der Waals surface area contributed by atoms with Gasteiger partial charge in [-0.3, -0.25) is 0 Å². The molecule has 1 aliphatic heterocycles. The minimum atomic E-state index is -0.989. The van der Waals surface area contributed by atoms with Crippen molar-refractivity contribution in [2.45, 2.75) is 18.9 Å². The van der Waals surface area contributed by atoms with Crippen LogP contribution in [-0.4, -0.2) is 33.6 Å². The van der Waals surface area contributed by atoms with Gasteiger partial charge in [0, 0.05) is 17.2 Å². The van der Waals surface area contributed by atoms with Crippen LogP contribution in [-0.2, 0) is 0 Å². The molecule has 1 unspecified atom stereocenters. The van der Waals surface area contributed by atoms with E-state index in [2.05, 4.69) is 10.3 Å². The molecule has 2 aromatic rings. The van der Waals surface area contributed by atoms with Crippen LogP contribution in [0.3, 0.4) is 0 Å². The van der Waals surface area contributed by atoms with E-state index in [-0.39, 0.29) is 5.69 Å². The van der Waals surface area contributed by atoms with Crippen molar-refractivity contribution in [1.29, 1.82) is 0 Å². The van der Waals surface area contributed by atoms with Gasteiger partial charge in [0.2, 0.25) is 0 Å². The van der Waals surface area contributed by atoms with Crippen LogP contribution in [0.2, 0.25) is 0 Å². The van der Waals surface area contributed by atoms with E-state index in [9.17, 15) is 9.90 Å². The Balaban J connectivity index is 2.00. The van der Waals surface area contributed by atoms with Gasteiger partial charge in [0.1, 0.15) is 5.82 Å². The Hall–Kier alpha value is -1.75. The lowest BCUT2D eigenvalue weighted by Gasteiger charge is -2.23. The number of aromatic carboxylic acids is 1. The molecule has 2 N–H and O–H groups in total. The molecule has 0 saturated carbocycles. The maximum absolute atomic E-state index is 11.2. The number of hydrogen-bond donors (Lipinski definition) is 2. The Kier molecular flexibility index (Phi) is 3.78. The highest BCUT2D eigenvalue weighted by molar-refractivity contribution is 7.99. The second-order valence-corrected chi connectivity index (χ2v) is 6.09. The van der Waals surface area contributed by atoms with Gasteiger partial charge in [0.05, 0.1) is 0 Å². The molecule has 0 bridgehead atoms. The molecule has 3 rings (SSSR count). The van der Waals surface area contributed by atoms with Crippen molar-refractivity contribution in [3.8, 4) is 0 Å². The van der Waals surface area contributed by atoms with Gasteiger partial charge in [-0.15, -0.1) is 0 Å². The molecule has 20 heavy (non-hydrogen) atoms. The molecule has 0 amide bonds. The highest BCUT2D eigenvalue weighted by Gasteiger charge is 2.17. The molecule has 104 valence electrons. The van der Waals surface area contributed by atoms with Crippen molar-refractivity contribution in [2.24, 2.45) is 0 Å². The summed E-state index contributed by atoms with van der Waals surface area (Å²) < 4.78 is 0. The molecule has 1 atom stereocenters. The summed E-state index contributed by atoms with van der Waals surface area (Å²) in [6.45, 7) is 0. The van der Waals surface area contributed by atoms with Gasteiger partial charge in [-0.25, -0.2) is 9.78 Å². The standard InChI is InChI=1S/C15H16N2O2S/c18-15(19)13-8-10-4-1-2-6-12(10)14(17-13)16-11-5-3-7-20-9-11/h1-2,4,6,8,11H,3,5,7,9H2,(H,16,17)(H,18,19). The number of thioether (sulfide) groups is 1. The number of hydrogen-bond acceptors (Lipinski definition) is 4. The largest absolute Gasteiger partial charge is 0.477 e. The van der Waals surface area contributed by atoms with E-state index in [1.807, 2.05) is 36.0 Å². The molecule has 4 nitrogen and oxygen atoms in total. The number of nitrogens with zero attached hydrogens (tertiary/aromatic N) is 1. The SMILES string of the molecule is O=C(O)c1cc2ccccc2c(NC2CCCSC2)n1. The van der Waals surface area contributed by atoms with Crippen LogP contribution >= 0.6 is 11.8 Å². The van der Waals surface area contributed by atoms with Crippen LogP contribution in [0.15, 0.2) is 30.3 Å². The van der Waals surface area contributed by atoms with Crippen molar-refractivity contribution in [3.63, 3.8) is 0 Å². The summed E-state index contributed by atoms with van der Waals surface area (Å²) in [7, 11) is 0. The minimum absolute atomic E-state index is 0.0923. The van der Waals surface area contributed by atoms with Crippen molar-refractivity contribution in [2.75, 3.05) is 16.8 Å². The second kappa shape index (κ2) is 5.71. The summed E-state index contributed by atoms with van der Waals surface area (Å²) in [5.41, 5.74) is 0.0923. The predicted molar refractivity (Wildman–Crippen MR) is 82.7 cm³/mol. The zero-order valence-electron chi connectivity index (χ0n) is 11.0. The summed E-state index contributed by atoms with van der Waals surface area (Å²) in [4.78, 5) is 15.5. The quantitative estimate of drug-likeness (QED) is 0.908. The number of rotatable bonds is 3. The third kappa shape index (κ3) is 2.72. The van der Waals surface area contributed by atoms with E-state index in [1.54, 1.807) is 6.07 Å². The van der Waals surface area contributed by atoms with Crippen molar-refractivity contribution < 1.29 is 9.90 Å². The monoisotopic (exact) mass is 288 g/mol. The third-order valence-electron chi connectivity index (χ3n) is 3.46. The number of anilines is 1. The van der Waals surface area contributed by atoms with Gasteiger partial charge in [0.25, 0.3) is 0 Å². The third-order valence-corrected chi connectivity index (χ3v) is 4.68. The summed E-state index contributed by atoms with van der Waals surface area (Å²) >= 11 is 1.93. The molecule has 0 spiro atoms. The number of carboxylic acid groups (broad SMARTS) is 1. The smallest absolute Gasteiger partial charge is 0.354 e. The number of nitrogens with one attached hydrogen (secondary N) is 1. The molecular weight excluding hydrogens is 272 g/mol. The minimum Gasteiger partial charge on any atom is -0.477 e. The number of fused-ring (bicyclic) bond motifs is 1. The van der Waals surface area contributed by atoms with Gasteiger partial charge < -0.3 is 10.4 Å². The van der Waals surface area contributed by atoms with E-state index in [0.29, 0.717) is 11.9 Å². The first-order valence-corrected chi connectivity index (χ1v) is 7.87. The molecule has 2 heterocycles. The Bertz CT molecular complexity index is 639. The molecule has 0 aliphatic carbocycles. The van der Waals surface area contributed by atoms with Crippen LogP contribution in [0.4, 0.5) is 5.82 Å². The molecule has 1 aromatic carbocycles. The fourth-order valence-corrected chi connectivity index (χ4v) is 3.54. The molecule has 1 aromatic heterocycles. The van der Waals surface area contributed by atoms with Crippen molar-refractivity contribution in [3.05, 3.63) is 36.0 Å². The number of pyridine rings is 1. The molecule has 1 aliphatic rings. The first-order valence-electron chi connectivity index (χ1n) is 6.71. The van der Waals surface area contributed by atoms with E-state index < -0.39 is 5.97 Å². The van der Waals surface area contributed by atoms with Gasteiger partial charge >= 0.3 is 5.97 Å². The first-order chi connectivity index (χ1) is 9.74. The Labute approximate surface area is 121 Å². The average Bonchev–Trinajstić information content (AvgIpc) is 2.48. The molecule has 0 radical (unpaired) electrons. The zero-order chi connectivity index (χ0) is 13.9. The van der Waals surface area contributed by atoms with Gasteiger partial charge in [0.15, 0.2) is 5.69 Å². The Morgan fingerprint density at radius 3 is 3.00 bits per heavy atom. The highest BCUT2D eigenvalue weighted by atomic mass is 32.2. The van der Waals surface area contributed by atoms with Gasteiger partial charge in [-0.05, 0) is 30.0 Å². The normalized spacial score (nSPS) is 18.9. The molecule has 1 fully saturated rings. The molecule has 1 saturated heterocycles. The predicted octanol–water partition coefficient (Wildman–Crippen LogP) is 3.24.